The SMILES string of the molecule is CC1(C)CC2CC(C)(CN2c2c[nH]c(=O)[nH]c2=O)C1. The lowest BCUT2D eigenvalue weighted by molar-refractivity contribution is 0.136. The fraction of sp³-hybridized carbons (Fsp3) is 0.714. The summed E-state index contributed by atoms with van der Waals surface area (Å²) in [5.41, 5.74) is 0.474. The van der Waals surface area contributed by atoms with Crippen molar-refractivity contribution in [3.05, 3.63) is 27.0 Å². The van der Waals surface area contributed by atoms with Crippen LogP contribution in [0.5, 0.6) is 0 Å². The van der Waals surface area contributed by atoms with E-state index in [1.54, 1.807) is 6.20 Å². The normalized spacial score (nSPS) is 32.6. The van der Waals surface area contributed by atoms with Crippen molar-refractivity contribution in [3.8, 4) is 0 Å². The summed E-state index contributed by atoms with van der Waals surface area (Å²) >= 11 is 0. The molecule has 3 rings (SSSR count). The van der Waals surface area contributed by atoms with Gasteiger partial charge in [-0.25, -0.2) is 4.79 Å². The molecule has 0 spiro atoms. The van der Waals surface area contributed by atoms with E-state index in [0.29, 0.717) is 17.1 Å². The molecule has 2 unspecified atom stereocenters. The molecule has 1 aliphatic carbocycles. The lowest BCUT2D eigenvalue weighted by Crippen LogP contribution is -2.37. The van der Waals surface area contributed by atoms with Crippen molar-refractivity contribution in [2.24, 2.45) is 10.8 Å². The third kappa shape index (κ3) is 2.11. The van der Waals surface area contributed by atoms with Crippen LogP contribution in [0.1, 0.15) is 40.0 Å². The highest BCUT2D eigenvalue weighted by Gasteiger charge is 2.50. The van der Waals surface area contributed by atoms with Crippen LogP contribution in [0.3, 0.4) is 0 Å². The molecule has 2 atom stereocenters. The van der Waals surface area contributed by atoms with E-state index >= 15 is 0 Å². The predicted octanol–water partition coefficient (Wildman–Crippen LogP) is 1.47. The first kappa shape index (κ1) is 12.5. The van der Waals surface area contributed by atoms with Crippen molar-refractivity contribution in [1.82, 2.24) is 9.97 Å². The summed E-state index contributed by atoms with van der Waals surface area (Å²) in [5.74, 6) is 0. The smallest absolute Gasteiger partial charge is 0.325 e. The molecular formula is C14H21N3O2. The van der Waals surface area contributed by atoms with Crippen molar-refractivity contribution < 1.29 is 0 Å². The molecule has 5 nitrogen and oxygen atoms in total. The maximum Gasteiger partial charge on any atom is 0.325 e. The van der Waals surface area contributed by atoms with Crippen molar-refractivity contribution >= 4 is 5.69 Å². The molecule has 5 heteroatoms. The molecule has 2 fully saturated rings. The van der Waals surface area contributed by atoms with Gasteiger partial charge in [0.1, 0.15) is 5.69 Å². The van der Waals surface area contributed by atoms with E-state index in [4.69, 9.17) is 0 Å². The van der Waals surface area contributed by atoms with Crippen LogP contribution < -0.4 is 16.1 Å². The number of fused-ring (bicyclic) bond motifs is 2. The molecule has 1 aromatic rings. The summed E-state index contributed by atoms with van der Waals surface area (Å²) in [4.78, 5) is 30.2. The Bertz CT molecular complexity index is 616. The van der Waals surface area contributed by atoms with Crippen molar-refractivity contribution in [2.45, 2.75) is 46.1 Å². The summed E-state index contributed by atoms with van der Waals surface area (Å²) in [6.45, 7) is 7.81. The predicted molar refractivity (Wildman–Crippen MR) is 74.6 cm³/mol. The molecule has 1 saturated carbocycles. The number of anilines is 1. The van der Waals surface area contributed by atoms with Crippen LogP contribution in [0, 0.1) is 10.8 Å². The molecule has 2 N–H and O–H groups in total. The van der Waals surface area contributed by atoms with E-state index in [1.807, 2.05) is 0 Å². The Hall–Kier alpha value is -1.52. The molecule has 2 bridgehead atoms. The molecule has 1 aromatic heterocycles. The number of H-pyrrole nitrogens is 2. The van der Waals surface area contributed by atoms with Crippen LogP contribution >= 0.6 is 0 Å². The van der Waals surface area contributed by atoms with Gasteiger partial charge in [-0.1, -0.05) is 20.8 Å². The zero-order valence-electron chi connectivity index (χ0n) is 11.7. The minimum absolute atomic E-state index is 0.273. The van der Waals surface area contributed by atoms with Gasteiger partial charge in [0.2, 0.25) is 0 Å². The first-order valence-electron chi connectivity index (χ1n) is 6.87. The Kier molecular flexibility index (Phi) is 2.46. The summed E-state index contributed by atoms with van der Waals surface area (Å²) < 4.78 is 0. The standard InChI is InChI=1S/C14H21N3O2/c1-13(2)4-9-5-14(3,7-13)8-17(9)10-6-15-12(19)16-11(10)18/h6,9H,4-5,7-8H2,1-3H3,(H2,15,16,18,19). The third-order valence-electron chi connectivity index (χ3n) is 4.52. The first-order valence-corrected chi connectivity index (χ1v) is 6.87. The van der Waals surface area contributed by atoms with Crippen LogP contribution in [0.4, 0.5) is 5.69 Å². The van der Waals surface area contributed by atoms with Crippen molar-refractivity contribution in [3.63, 3.8) is 0 Å². The quantitative estimate of drug-likeness (QED) is 0.806. The van der Waals surface area contributed by atoms with Gasteiger partial charge in [-0.05, 0) is 30.1 Å². The van der Waals surface area contributed by atoms with E-state index in [0.717, 1.165) is 19.4 Å². The van der Waals surface area contributed by atoms with E-state index in [2.05, 4.69) is 35.6 Å². The van der Waals surface area contributed by atoms with Gasteiger partial charge in [-0.3, -0.25) is 9.78 Å². The lowest BCUT2D eigenvalue weighted by Gasteiger charge is -2.39. The van der Waals surface area contributed by atoms with Crippen LogP contribution in [0.2, 0.25) is 0 Å². The van der Waals surface area contributed by atoms with Crippen molar-refractivity contribution in [1.29, 1.82) is 0 Å². The third-order valence-corrected chi connectivity index (χ3v) is 4.52. The number of hydrogen-bond donors (Lipinski definition) is 2. The van der Waals surface area contributed by atoms with Gasteiger partial charge < -0.3 is 9.88 Å². The topological polar surface area (TPSA) is 69.0 Å². The molecule has 0 amide bonds. The maximum absolute atomic E-state index is 12.0. The second-order valence-electron chi connectivity index (χ2n) is 7.30. The van der Waals surface area contributed by atoms with Crippen LogP contribution in [-0.4, -0.2) is 22.6 Å². The van der Waals surface area contributed by atoms with Gasteiger partial charge in [0.15, 0.2) is 0 Å². The Morgan fingerprint density at radius 3 is 2.68 bits per heavy atom. The molecule has 1 saturated heterocycles. The average Bonchev–Trinajstić information content (AvgIpc) is 2.47. The van der Waals surface area contributed by atoms with Crippen LogP contribution in [0.15, 0.2) is 15.8 Å². The van der Waals surface area contributed by atoms with E-state index in [-0.39, 0.29) is 11.0 Å². The van der Waals surface area contributed by atoms with E-state index in [1.165, 1.54) is 6.42 Å². The maximum atomic E-state index is 12.0. The molecule has 2 heterocycles. The van der Waals surface area contributed by atoms with Gasteiger partial charge in [0, 0.05) is 18.8 Å². The zero-order valence-corrected chi connectivity index (χ0v) is 11.7. The number of nitrogens with one attached hydrogen (secondary N) is 2. The van der Waals surface area contributed by atoms with E-state index in [9.17, 15) is 9.59 Å². The Balaban J connectivity index is 2.00. The van der Waals surface area contributed by atoms with Gasteiger partial charge in [0.05, 0.1) is 0 Å². The lowest BCUT2D eigenvalue weighted by atomic mass is 9.65. The fourth-order valence-electron chi connectivity index (χ4n) is 4.36. The van der Waals surface area contributed by atoms with E-state index < -0.39 is 5.69 Å². The number of hydrogen-bond acceptors (Lipinski definition) is 3. The second kappa shape index (κ2) is 3.74. The number of nitrogens with zero attached hydrogens (tertiary/aromatic N) is 1. The largest absolute Gasteiger partial charge is 0.362 e. The van der Waals surface area contributed by atoms with Gasteiger partial charge in [0.25, 0.3) is 5.56 Å². The summed E-state index contributed by atoms with van der Waals surface area (Å²) in [6, 6.07) is 0.403. The molecule has 0 aromatic carbocycles. The highest BCUT2D eigenvalue weighted by atomic mass is 16.2. The molecule has 0 radical (unpaired) electrons. The molecule has 19 heavy (non-hydrogen) atoms. The molecular weight excluding hydrogens is 242 g/mol. The van der Waals surface area contributed by atoms with Crippen LogP contribution in [0.25, 0.3) is 0 Å². The van der Waals surface area contributed by atoms with Crippen molar-refractivity contribution in [2.75, 3.05) is 11.4 Å². The minimum atomic E-state index is -0.442. The highest BCUT2D eigenvalue weighted by Crippen LogP contribution is 2.52. The molecule has 1 aliphatic heterocycles. The first-order chi connectivity index (χ1) is 8.78. The average molecular weight is 263 g/mol. The summed E-state index contributed by atoms with van der Waals surface area (Å²) in [5, 5.41) is 0. The van der Waals surface area contributed by atoms with Gasteiger partial charge in [-0.15, -0.1) is 0 Å². The number of aromatic nitrogens is 2. The number of aromatic amines is 2. The number of rotatable bonds is 1. The second-order valence-corrected chi connectivity index (χ2v) is 7.30. The Morgan fingerprint density at radius 2 is 2.00 bits per heavy atom. The van der Waals surface area contributed by atoms with Gasteiger partial charge in [-0.2, -0.15) is 0 Å². The summed E-state index contributed by atoms with van der Waals surface area (Å²) in [7, 11) is 0. The minimum Gasteiger partial charge on any atom is -0.362 e. The Labute approximate surface area is 112 Å². The summed E-state index contributed by atoms with van der Waals surface area (Å²) in [6.07, 6.45) is 4.97. The molecule has 104 valence electrons. The molecule has 2 aliphatic rings. The van der Waals surface area contributed by atoms with Gasteiger partial charge >= 0.3 is 5.69 Å². The Morgan fingerprint density at radius 1 is 1.26 bits per heavy atom. The highest BCUT2D eigenvalue weighted by molar-refractivity contribution is 5.46. The fourth-order valence-corrected chi connectivity index (χ4v) is 4.36. The zero-order chi connectivity index (χ0) is 13.8. The monoisotopic (exact) mass is 263 g/mol. The van der Waals surface area contributed by atoms with Crippen LogP contribution in [-0.2, 0) is 0 Å².